The molecule has 1 amide bonds. The fourth-order valence-electron chi connectivity index (χ4n) is 1.85. The number of rotatable bonds is 6. The van der Waals surface area contributed by atoms with Gasteiger partial charge in [-0.15, -0.1) is 0 Å². The highest BCUT2D eigenvalue weighted by Crippen LogP contribution is 2.11. The normalized spacial score (nSPS) is 10.3. The van der Waals surface area contributed by atoms with Crippen molar-refractivity contribution in [2.75, 3.05) is 11.9 Å². The van der Waals surface area contributed by atoms with Crippen LogP contribution < -0.4 is 10.6 Å². The molecule has 0 aliphatic rings. The Morgan fingerprint density at radius 3 is 2.85 bits per heavy atom. The Morgan fingerprint density at radius 1 is 1.35 bits per heavy atom. The number of furan rings is 1. The minimum absolute atomic E-state index is 0.109. The largest absolute Gasteiger partial charge is 0.472 e. The molecule has 0 atom stereocenters. The number of hydrogen-bond acceptors (Lipinski definition) is 4. The summed E-state index contributed by atoms with van der Waals surface area (Å²) in [4.78, 5) is 16.6. The maximum atomic E-state index is 12.2. The molecule has 0 aliphatic heterocycles. The van der Waals surface area contributed by atoms with Gasteiger partial charge in [0, 0.05) is 29.9 Å². The zero-order valence-electron chi connectivity index (χ0n) is 11.8. The lowest BCUT2D eigenvalue weighted by molar-refractivity contribution is 0.0950. The summed E-state index contributed by atoms with van der Waals surface area (Å²) in [6.07, 6.45) is 4.00. The monoisotopic (exact) mass is 273 g/mol. The number of nitrogens with zero attached hydrogens (tertiary/aromatic N) is 1. The standard InChI is InChI=1S/C15H19N3O2/c1-3-13-7-12(8-14(18-13)16-4-2)15(19)17-9-11-5-6-20-10-11/h5-8,10H,3-4,9H2,1-2H3,(H,16,18)(H,17,19). The van der Waals surface area contributed by atoms with Gasteiger partial charge < -0.3 is 15.1 Å². The van der Waals surface area contributed by atoms with Crippen LogP contribution in [0.15, 0.2) is 35.1 Å². The van der Waals surface area contributed by atoms with Crippen molar-refractivity contribution in [1.29, 1.82) is 0 Å². The van der Waals surface area contributed by atoms with Crippen molar-refractivity contribution in [2.45, 2.75) is 26.8 Å². The number of pyridine rings is 1. The molecule has 0 radical (unpaired) electrons. The number of amides is 1. The fourth-order valence-corrected chi connectivity index (χ4v) is 1.85. The Bertz CT molecular complexity index is 565. The molecule has 0 saturated heterocycles. The van der Waals surface area contributed by atoms with Gasteiger partial charge in [0.05, 0.1) is 12.5 Å². The molecule has 0 fully saturated rings. The fraction of sp³-hybridized carbons (Fsp3) is 0.333. The molecular weight excluding hydrogens is 254 g/mol. The van der Waals surface area contributed by atoms with Crippen LogP contribution in [0.4, 0.5) is 5.82 Å². The van der Waals surface area contributed by atoms with Crippen LogP contribution >= 0.6 is 0 Å². The molecule has 5 heteroatoms. The first kappa shape index (κ1) is 14.1. The van der Waals surface area contributed by atoms with Gasteiger partial charge in [-0.3, -0.25) is 4.79 Å². The summed E-state index contributed by atoms with van der Waals surface area (Å²) < 4.78 is 4.97. The third-order valence-corrected chi connectivity index (χ3v) is 2.89. The first-order valence-corrected chi connectivity index (χ1v) is 6.77. The second-order valence-electron chi connectivity index (χ2n) is 4.43. The van der Waals surface area contributed by atoms with E-state index in [0.29, 0.717) is 12.1 Å². The Kier molecular flexibility index (Phi) is 4.76. The molecule has 2 heterocycles. The number of carbonyl (C=O) groups excluding carboxylic acids is 1. The summed E-state index contributed by atoms with van der Waals surface area (Å²) in [6, 6.07) is 5.42. The number of hydrogen-bond donors (Lipinski definition) is 2. The van der Waals surface area contributed by atoms with E-state index in [-0.39, 0.29) is 5.91 Å². The van der Waals surface area contributed by atoms with E-state index in [1.807, 2.05) is 26.0 Å². The molecule has 0 spiro atoms. The van der Waals surface area contributed by atoms with Gasteiger partial charge in [0.2, 0.25) is 0 Å². The number of anilines is 1. The lowest BCUT2D eigenvalue weighted by Crippen LogP contribution is -2.23. The third-order valence-electron chi connectivity index (χ3n) is 2.89. The maximum Gasteiger partial charge on any atom is 0.251 e. The molecule has 0 aromatic carbocycles. The van der Waals surface area contributed by atoms with Gasteiger partial charge >= 0.3 is 0 Å². The van der Waals surface area contributed by atoms with Gasteiger partial charge in [0.15, 0.2) is 0 Å². The van der Waals surface area contributed by atoms with Gasteiger partial charge in [0.25, 0.3) is 5.91 Å². The van der Waals surface area contributed by atoms with Crippen molar-refractivity contribution < 1.29 is 9.21 Å². The molecule has 2 N–H and O–H groups in total. The lowest BCUT2D eigenvalue weighted by Gasteiger charge is -2.09. The van der Waals surface area contributed by atoms with Crippen molar-refractivity contribution >= 4 is 11.7 Å². The summed E-state index contributed by atoms with van der Waals surface area (Å²) in [6.45, 7) is 5.25. The van der Waals surface area contributed by atoms with E-state index >= 15 is 0 Å². The third kappa shape index (κ3) is 3.60. The van der Waals surface area contributed by atoms with Crippen LogP contribution in [0.5, 0.6) is 0 Å². The van der Waals surface area contributed by atoms with Gasteiger partial charge in [-0.05, 0) is 31.5 Å². The van der Waals surface area contributed by atoms with Crippen LogP contribution in [0.1, 0.15) is 35.5 Å². The number of carbonyl (C=O) groups is 1. The SMILES string of the molecule is CCNc1cc(C(=O)NCc2ccoc2)cc(CC)n1. The average molecular weight is 273 g/mol. The van der Waals surface area contributed by atoms with E-state index < -0.39 is 0 Å². The van der Waals surface area contributed by atoms with Crippen molar-refractivity contribution in [1.82, 2.24) is 10.3 Å². The molecule has 2 aromatic rings. The number of aryl methyl sites for hydroxylation is 1. The summed E-state index contributed by atoms with van der Waals surface area (Å²) in [5.41, 5.74) is 2.46. The first-order valence-electron chi connectivity index (χ1n) is 6.77. The zero-order chi connectivity index (χ0) is 14.4. The second kappa shape index (κ2) is 6.75. The molecule has 2 aromatic heterocycles. The summed E-state index contributed by atoms with van der Waals surface area (Å²) >= 11 is 0. The van der Waals surface area contributed by atoms with E-state index in [0.717, 1.165) is 30.0 Å². The molecule has 106 valence electrons. The van der Waals surface area contributed by atoms with Crippen LogP contribution in [0.25, 0.3) is 0 Å². The highest BCUT2D eigenvalue weighted by Gasteiger charge is 2.09. The molecule has 5 nitrogen and oxygen atoms in total. The molecule has 20 heavy (non-hydrogen) atoms. The molecule has 0 saturated carbocycles. The zero-order valence-corrected chi connectivity index (χ0v) is 11.8. The highest BCUT2D eigenvalue weighted by atomic mass is 16.3. The van der Waals surface area contributed by atoms with Gasteiger partial charge in [-0.25, -0.2) is 4.98 Å². The van der Waals surface area contributed by atoms with Gasteiger partial charge in [-0.2, -0.15) is 0 Å². The van der Waals surface area contributed by atoms with E-state index in [9.17, 15) is 4.79 Å². The Balaban J connectivity index is 2.09. The average Bonchev–Trinajstić information content (AvgIpc) is 2.98. The van der Waals surface area contributed by atoms with Crippen LogP contribution in [-0.4, -0.2) is 17.4 Å². The van der Waals surface area contributed by atoms with Crippen molar-refractivity contribution in [3.63, 3.8) is 0 Å². The van der Waals surface area contributed by atoms with Crippen LogP contribution in [0.3, 0.4) is 0 Å². The van der Waals surface area contributed by atoms with E-state index in [2.05, 4.69) is 15.6 Å². The minimum Gasteiger partial charge on any atom is -0.472 e. The lowest BCUT2D eigenvalue weighted by atomic mass is 10.1. The highest BCUT2D eigenvalue weighted by molar-refractivity contribution is 5.94. The Labute approximate surface area is 118 Å². The maximum absolute atomic E-state index is 12.2. The van der Waals surface area contributed by atoms with Gasteiger partial charge in [0.1, 0.15) is 5.82 Å². The number of nitrogens with one attached hydrogen (secondary N) is 2. The van der Waals surface area contributed by atoms with Gasteiger partial charge in [-0.1, -0.05) is 6.92 Å². The molecule has 0 unspecified atom stereocenters. The quantitative estimate of drug-likeness (QED) is 0.849. The molecule has 0 aliphatic carbocycles. The van der Waals surface area contributed by atoms with Crippen LogP contribution in [0, 0.1) is 0 Å². The topological polar surface area (TPSA) is 67.2 Å². The van der Waals surface area contributed by atoms with Crippen molar-refractivity contribution in [2.24, 2.45) is 0 Å². The minimum atomic E-state index is -0.109. The summed E-state index contributed by atoms with van der Waals surface area (Å²) in [5.74, 6) is 0.628. The smallest absolute Gasteiger partial charge is 0.251 e. The molecule has 0 bridgehead atoms. The molecular formula is C15H19N3O2. The first-order chi connectivity index (χ1) is 9.72. The Morgan fingerprint density at radius 2 is 2.20 bits per heavy atom. The Hall–Kier alpha value is -2.30. The van der Waals surface area contributed by atoms with Crippen LogP contribution in [0.2, 0.25) is 0 Å². The number of aromatic nitrogens is 1. The van der Waals surface area contributed by atoms with Crippen LogP contribution in [-0.2, 0) is 13.0 Å². The predicted octanol–water partition coefficient (Wildman–Crippen LogP) is 2.60. The summed E-state index contributed by atoms with van der Waals surface area (Å²) in [5, 5.41) is 6.01. The predicted molar refractivity (Wildman–Crippen MR) is 77.7 cm³/mol. The van der Waals surface area contributed by atoms with E-state index in [1.165, 1.54) is 0 Å². The van der Waals surface area contributed by atoms with Crippen molar-refractivity contribution in [3.8, 4) is 0 Å². The molecule has 2 rings (SSSR count). The van der Waals surface area contributed by atoms with E-state index in [4.69, 9.17) is 4.42 Å². The second-order valence-corrected chi connectivity index (χ2v) is 4.43. The van der Waals surface area contributed by atoms with E-state index in [1.54, 1.807) is 18.6 Å². The van der Waals surface area contributed by atoms with Crippen molar-refractivity contribution in [3.05, 3.63) is 47.5 Å². The summed E-state index contributed by atoms with van der Waals surface area (Å²) in [7, 11) is 0.